The maximum Gasteiger partial charge on any atom is 0.408 e. The fourth-order valence-corrected chi connectivity index (χ4v) is 3.42. The van der Waals surface area contributed by atoms with Crippen LogP contribution in [0.2, 0.25) is 0 Å². The first kappa shape index (κ1) is 26.5. The maximum absolute atomic E-state index is 12.3. The van der Waals surface area contributed by atoms with E-state index in [1.807, 2.05) is 0 Å². The van der Waals surface area contributed by atoms with Crippen molar-refractivity contribution in [2.45, 2.75) is 84.2 Å². The van der Waals surface area contributed by atoms with Crippen molar-refractivity contribution in [1.29, 1.82) is 4.78 Å². The zero-order chi connectivity index (χ0) is 22.4. The van der Waals surface area contributed by atoms with E-state index in [2.05, 4.69) is 5.32 Å². The van der Waals surface area contributed by atoms with Gasteiger partial charge >= 0.3 is 18.2 Å². The number of hydrogen-bond acceptors (Lipinski definition) is 6. The van der Waals surface area contributed by atoms with Crippen LogP contribution in [0.3, 0.4) is 0 Å². The van der Waals surface area contributed by atoms with E-state index in [4.69, 9.17) is 14.3 Å². The molecule has 0 rings (SSSR count). The molecule has 0 spiro atoms. The second kappa shape index (κ2) is 9.80. The average molecular weight is 433 g/mol. The molecule has 0 aliphatic heterocycles. The van der Waals surface area contributed by atoms with Gasteiger partial charge in [0.05, 0.1) is 0 Å². The number of hydrogen-bond donors (Lipinski definition) is 2. The minimum atomic E-state index is -4.38. The Kier molecular flexibility index (Phi) is 9.26. The Morgan fingerprint density at radius 2 is 1.50 bits per heavy atom. The van der Waals surface area contributed by atoms with Gasteiger partial charge in [0, 0.05) is 27.7 Å². The van der Waals surface area contributed by atoms with Crippen LogP contribution >= 0.6 is 0 Å². The van der Waals surface area contributed by atoms with Gasteiger partial charge in [-0.3, -0.25) is 4.78 Å². The van der Waals surface area contributed by atoms with Crippen molar-refractivity contribution in [3.8, 4) is 0 Å². The molecular weight excluding hydrogens is 401 g/mol. The average Bonchev–Trinajstić information content (AvgIpc) is 2.37. The van der Waals surface area contributed by atoms with Gasteiger partial charge in [-0.2, -0.15) is 13.2 Å². The number of carbonyl (C=O) groups excluding carboxylic acids is 2. The molecule has 1 amide bonds. The van der Waals surface area contributed by atoms with Crippen LogP contribution in [-0.4, -0.2) is 51.2 Å². The number of carbonyl (C=O) groups is 2. The van der Waals surface area contributed by atoms with E-state index >= 15 is 0 Å². The van der Waals surface area contributed by atoms with Gasteiger partial charge in [0.1, 0.15) is 17.2 Å². The quantitative estimate of drug-likeness (QED) is 0.564. The predicted octanol–water partition coefficient (Wildman–Crippen LogP) is 4.00. The third-order valence-corrected chi connectivity index (χ3v) is 4.90. The summed E-state index contributed by atoms with van der Waals surface area (Å²) in [5, 5.41) is 2.32. The molecule has 166 valence electrons. The highest BCUT2D eigenvalue weighted by Crippen LogP contribution is 2.22. The van der Waals surface area contributed by atoms with E-state index in [0.717, 1.165) is 0 Å². The lowest BCUT2D eigenvalue weighted by Crippen LogP contribution is -2.46. The number of amides is 1. The summed E-state index contributed by atoms with van der Waals surface area (Å²) in [4.78, 5) is 24.3. The smallest absolute Gasteiger partial charge is 0.408 e. The van der Waals surface area contributed by atoms with Gasteiger partial charge in [-0.25, -0.2) is 13.8 Å². The zero-order valence-corrected chi connectivity index (χ0v) is 18.0. The molecule has 0 saturated carbocycles. The van der Waals surface area contributed by atoms with Crippen molar-refractivity contribution < 1.29 is 36.4 Å². The lowest BCUT2D eigenvalue weighted by Gasteiger charge is -2.26. The van der Waals surface area contributed by atoms with Gasteiger partial charge in [0.2, 0.25) is 0 Å². The molecule has 0 heterocycles. The number of esters is 1. The van der Waals surface area contributed by atoms with Crippen LogP contribution in [0.1, 0.15) is 60.8 Å². The van der Waals surface area contributed by atoms with E-state index in [-0.39, 0.29) is 12.2 Å². The fraction of sp³-hybridized carbons (Fsp3) is 0.882. The summed E-state index contributed by atoms with van der Waals surface area (Å²) in [6.07, 6.45) is -7.07. The van der Waals surface area contributed by atoms with Crippen LogP contribution in [0.25, 0.3) is 0 Å². The van der Waals surface area contributed by atoms with Crippen molar-refractivity contribution in [1.82, 2.24) is 5.32 Å². The summed E-state index contributed by atoms with van der Waals surface area (Å²) < 4.78 is 66.9. The fourth-order valence-electron chi connectivity index (χ4n) is 1.99. The number of nitrogens with one attached hydrogen (secondary N) is 2. The van der Waals surface area contributed by atoms with Crippen molar-refractivity contribution in [3.05, 3.63) is 0 Å². The summed E-state index contributed by atoms with van der Waals surface area (Å²) in [6.45, 7) is 9.77. The molecule has 1 unspecified atom stereocenters. The van der Waals surface area contributed by atoms with Crippen LogP contribution in [0, 0.1) is 4.78 Å². The van der Waals surface area contributed by atoms with Crippen LogP contribution in [-0.2, 0) is 24.0 Å². The molecule has 2 N–H and O–H groups in total. The number of halogens is 3. The van der Waals surface area contributed by atoms with Crippen LogP contribution in [0.15, 0.2) is 0 Å². The highest BCUT2D eigenvalue weighted by atomic mass is 32.2. The second-order valence-electron chi connectivity index (χ2n) is 8.46. The van der Waals surface area contributed by atoms with Gasteiger partial charge in [-0.15, -0.1) is 0 Å². The summed E-state index contributed by atoms with van der Waals surface area (Å²) >= 11 is 0. The van der Waals surface area contributed by atoms with Crippen molar-refractivity contribution in [3.63, 3.8) is 0 Å². The van der Waals surface area contributed by atoms with Crippen LogP contribution < -0.4 is 5.32 Å². The Balaban J connectivity index is 5.01. The Morgan fingerprint density at radius 1 is 1.00 bits per heavy atom. The van der Waals surface area contributed by atoms with Gasteiger partial charge in [-0.05, 0) is 54.4 Å². The summed E-state index contributed by atoms with van der Waals surface area (Å²) in [6, 6.07) is -1.23. The molecule has 2 atom stereocenters. The highest BCUT2D eigenvalue weighted by Gasteiger charge is 2.30. The molecule has 11 heteroatoms. The Bertz CT molecular complexity index is 635. The standard InChI is InChI=1S/C17H31F3N2O5S/c1-15(2,3)26-13(23)12(22-14(24)27-16(4,5)6)8-11-28(21,25)10-7-9-17(18,19)20/h12,21H,7-11H2,1-6H3,(H,22,24)/t12-,28?/m0/s1. The monoisotopic (exact) mass is 432 g/mol. The molecule has 0 bridgehead atoms. The lowest BCUT2D eigenvalue weighted by atomic mass is 10.1. The molecule has 0 aliphatic rings. The normalized spacial score (nSPS) is 16.0. The molecule has 0 aromatic rings. The first-order valence-electron chi connectivity index (χ1n) is 8.83. The van der Waals surface area contributed by atoms with Gasteiger partial charge < -0.3 is 14.8 Å². The van der Waals surface area contributed by atoms with E-state index in [9.17, 15) is 27.0 Å². The minimum Gasteiger partial charge on any atom is -0.458 e. The summed E-state index contributed by atoms with van der Waals surface area (Å²) in [5.41, 5.74) is -1.66. The molecule has 7 nitrogen and oxygen atoms in total. The van der Waals surface area contributed by atoms with Crippen molar-refractivity contribution in [2.75, 3.05) is 11.5 Å². The molecule has 0 aromatic heterocycles. The highest BCUT2D eigenvalue weighted by molar-refractivity contribution is 7.92. The minimum absolute atomic E-state index is 0.220. The van der Waals surface area contributed by atoms with E-state index in [1.165, 1.54) is 0 Å². The molecule has 0 aromatic carbocycles. The number of rotatable bonds is 8. The van der Waals surface area contributed by atoms with Crippen LogP contribution in [0.5, 0.6) is 0 Å². The van der Waals surface area contributed by atoms with Gasteiger partial charge in [-0.1, -0.05) is 0 Å². The number of ether oxygens (including phenoxy) is 2. The lowest BCUT2D eigenvalue weighted by molar-refractivity contribution is -0.157. The Labute approximate surface area is 164 Å². The largest absolute Gasteiger partial charge is 0.458 e. The van der Waals surface area contributed by atoms with Crippen LogP contribution in [0.4, 0.5) is 18.0 Å². The first-order valence-corrected chi connectivity index (χ1v) is 10.7. The summed E-state index contributed by atoms with van der Waals surface area (Å²) in [5.74, 6) is -1.60. The summed E-state index contributed by atoms with van der Waals surface area (Å²) in [7, 11) is -3.35. The van der Waals surface area contributed by atoms with Gasteiger partial charge in [0.25, 0.3) is 0 Å². The molecule has 28 heavy (non-hydrogen) atoms. The molecular formula is C17H31F3N2O5S. The topological polar surface area (TPSA) is 106 Å². The Hall–Kier alpha value is -1.52. The van der Waals surface area contributed by atoms with E-state index in [0.29, 0.717) is 0 Å². The number of alkyl carbamates (subject to hydrolysis) is 1. The molecule has 0 fully saturated rings. The van der Waals surface area contributed by atoms with Gasteiger partial charge in [0.15, 0.2) is 0 Å². The molecule has 0 radical (unpaired) electrons. The predicted molar refractivity (Wildman–Crippen MR) is 99.5 cm³/mol. The Morgan fingerprint density at radius 3 is 1.93 bits per heavy atom. The van der Waals surface area contributed by atoms with Crippen molar-refractivity contribution in [2.24, 2.45) is 0 Å². The molecule has 0 saturated heterocycles. The SMILES string of the molecule is CC(C)(C)OC(=O)N[C@@H](CCS(=N)(=O)CCCC(F)(F)F)C(=O)OC(C)(C)C. The first-order chi connectivity index (χ1) is 12.3. The van der Waals surface area contributed by atoms with E-state index in [1.54, 1.807) is 41.5 Å². The second-order valence-corrected chi connectivity index (χ2v) is 10.9. The third kappa shape index (κ3) is 14.5. The maximum atomic E-state index is 12.3. The van der Waals surface area contributed by atoms with Crippen molar-refractivity contribution >= 4 is 21.8 Å². The number of alkyl halides is 3. The third-order valence-electron chi connectivity index (χ3n) is 3.05. The van der Waals surface area contributed by atoms with E-state index < -0.39 is 63.8 Å². The molecule has 0 aliphatic carbocycles. The zero-order valence-electron chi connectivity index (χ0n) is 17.2.